The lowest BCUT2D eigenvalue weighted by atomic mass is 10.3. The van der Waals surface area contributed by atoms with Crippen LogP contribution >= 0.6 is 11.3 Å². The van der Waals surface area contributed by atoms with E-state index in [-0.39, 0.29) is 5.91 Å². The number of thiazole rings is 1. The van der Waals surface area contributed by atoms with Gasteiger partial charge in [0.25, 0.3) is 0 Å². The maximum absolute atomic E-state index is 11.0. The number of hydrogen-bond donors (Lipinski definition) is 1. The Balaban J connectivity index is 2.44. The van der Waals surface area contributed by atoms with E-state index < -0.39 is 0 Å². The highest BCUT2D eigenvalue weighted by Gasteiger charge is 2.13. The first-order valence-corrected chi connectivity index (χ1v) is 6.35. The van der Waals surface area contributed by atoms with Crippen LogP contribution in [0.5, 0.6) is 0 Å². The fourth-order valence-electron chi connectivity index (χ4n) is 1.64. The maximum Gasteiger partial charge on any atom is 0.223 e. The third-order valence-corrected chi connectivity index (χ3v) is 3.33. The lowest BCUT2D eigenvalue weighted by Crippen LogP contribution is -2.04. The van der Waals surface area contributed by atoms with Crippen LogP contribution < -0.4 is 5.32 Å². The van der Waals surface area contributed by atoms with E-state index in [9.17, 15) is 4.79 Å². The molecule has 5 nitrogen and oxygen atoms in total. The van der Waals surface area contributed by atoms with Crippen LogP contribution in [0.3, 0.4) is 0 Å². The van der Waals surface area contributed by atoms with E-state index >= 15 is 0 Å². The van der Waals surface area contributed by atoms with Crippen molar-refractivity contribution in [2.24, 2.45) is 0 Å². The summed E-state index contributed by atoms with van der Waals surface area (Å²) in [6.07, 6.45) is 0. The van der Waals surface area contributed by atoms with E-state index in [4.69, 9.17) is 0 Å². The van der Waals surface area contributed by atoms with Gasteiger partial charge in [-0.3, -0.25) is 4.79 Å². The number of aromatic nitrogens is 3. The van der Waals surface area contributed by atoms with E-state index in [0.717, 1.165) is 22.0 Å². The van der Waals surface area contributed by atoms with Gasteiger partial charge in [-0.2, -0.15) is 0 Å². The zero-order valence-electron chi connectivity index (χ0n) is 10.7. The Bertz CT molecular complexity index is 586. The highest BCUT2D eigenvalue weighted by molar-refractivity contribution is 7.19. The summed E-state index contributed by atoms with van der Waals surface area (Å²) in [6.45, 7) is 7.22. The average Bonchev–Trinajstić information content (AvgIpc) is 2.56. The van der Waals surface area contributed by atoms with Crippen LogP contribution in [0.2, 0.25) is 0 Å². The summed E-state index contributed by atoms with van der Waals surface area (Å²) in [6, 6.07) is 1.93. The Morgan fingerprint density at radius 1 is 1.17 bits per heavy atom. The number of hydrogen-bond acceptors (Lipinski definition) is 5. The summed E-state index contributed by atoms with van der Waals surface area (Å²) in [5.41, 5.74) is 2.67. The van der Waals surface area contributed by atoms with Crippen LogP contribution in [0.15, 0.2) is 6.07 Å². The first-order chi connectivity index (χ1) is 8.45. The van der Waals surface area contributed by atoms with Crippen molar-refractivity contribution >= 4 is 22.4 Å². The summed E-state index contributed by atoms with van der Waals surface area (Å²) in [4.78, 5) is 25.0. The van der Waals surface area contributed by atoms with E-state index in [1.54, 1.807) is 0 Å². The molecule has 94 valence electrons. The van der Waals surface area contributed by atoms with Crippen molar-refractivity contribution in [3.8, 4) is 10.7 Å². The van der Waals surface area contributed by atoms with Gasteiger partial charge in [-0.25, -0.2) is 15.0 Å². The molecule has 0 spiro atoms. The number of amides is 1. The lowest BCUT2D eigenvalue weighted by Gasteiger charge is -2.00. The molecule has 0 radical (unpaired) electrons. The fourth-order valence-corrected chi connectivity index (χ4v) is 2.58. The molecule has 0 saturated heterocycles. The Kier molecular flexibility index (Phi) is 3.38. The molecule has 0 aliphatic heterocycles. The number of anilines is 1. The molecule has 2 heterocycles. The van der Waals surface area contributed by atoms with Crippen LogP contribution in [0.4, 0.5) is 5.13 Å². The SMILES string of the molecule is CC(=O)Nc1nc(C)c(-c2nc(C)cc(C)n2)s1. The third-order valence-electron chi connectivity index (χ3n) is 2.26. The minimum absolute atomic E-state index is 0.128. The van der Waals surface area contributed by atoms with Gasteiger partial charge in [-0.15, -0.1) is 0 Å². The van der Waals surface area contributed by atoms with Gasteiger partial charge in [-0.05, 0) is 26.8 Å². The summed E-state index contributed by atoms with van der Waals surface area (Å²) in [7, 11) is 0. The molecule has 0 aromatic carbocycles. The van der Waals surface area contributed by atoms with Gasteiger partial charge in [0.05, 0.1) is 10.6 Å². The molecule has 6 heteroatoms. The van der Waals surface area contributed by atoms with E-state index in [1.807, 2.05) is 26.8 Å². The Hall–Kier alpha value is -1.82. The van der Waals surface area contributed by atoms with E-state index in [2.05, 4.69) is 20.3 Å². The van der Waals surface area contributed by atoms with Crippen LogP contribution in [0.25, 0.3) is 10.7 Å². The summed E-state index contributed by atoms with van der Waals surface area (Å²) in [5, 5.41) is 3.26. The molecule has 2 aromatic rings. The normalized spacial score (nSPS) is 10.4. The molecule has 0 fully saturated rings. The summed E-state index contributed by atoms with van der Waals surface area (Å²) < 4.78 is 0. The number of nitrogens with one attached hydrogen (secondary N) is 1. The first-order valence-electron chi connectivity index (χ1n) is 5.53. The van der Waals surface area contributed by atoms with Crippen LogP contribution in [-0.4, -0.2) is 20.9 Å². The quantitative estimate of drug-likeness (QED) is 0.902. The van der Waals surface area contributed by atoms with E-state index in [1.165, 1.54) is 18.3 Å². The molecule has 0 saturated carbocycles. The van der Waals surface area contributed by atoms with Gasteiger partial charge >= 0.3 is 0 Å². The fraction of sp³-hybridized carbons (Fsp3) is 0.333. The lowest BCUT2D eigenvalue weighted by molar-refractivity contribution is -0.114. The van der Waals surface area contributed by atoms with Gasteiger partial charge in [0.1, 0.15) is 0 Å². The number of carbonyl (C=O) groups excluding carboxylic acids is 1. The topological polar surface area (TPSA) is 67.8 Å². The molecule has 0 aliphatic rings. The van der Waals surface area contributed by atoms with Gasteiger partial charge < -0.3 is 5.32 Å². The number of rotatable bonds is 2. The largest absolute Gasteiger partial charge is 0.302 e. The molecule has 1 N–H and O–H groups in total. The Morgan fingerprint density at radius 2 is 1.78 bits per heavy atom. The standard InChI is InChI=1S/C12H14N4OS/c1-6-5-7(2)14-11(13-6)10-8(3)15-12(18-10)16-9(4)17/h5H,1-4H3,(H,15,16,17). The van der Waals surface area contributed by atoms with Gasteiger partial charge in [-0.1, -0.05) is 11.3 Å². The van der Waals surface area contributed by atoms with Crippen molar-refractivity contribution in [1.82, 2.24) is 15.0 Å². The van der Waals surface area contributed by atoms with Crippen LogP contribution in [0.1, 0.15) is 24.0 Å². The second kappa shape index (κ2) is 4.81. The third kappa shape index (κ3) is 2.70. The van der Waals surface area contributed by atoms with Crippen molar-refractivity contribution < 1.29 is 4.79 Å². The number of carbonyl (C=O) groups is 1. The molecule has 1 amide bonds. The minimum Gasteiger partial charge on any atom is -0.302 e. The maximum atomic E-state index is 11.0. The number of aryl methyl sites for hydroxylation is 3. The molecule has 2 rings (SSSR count). The van der Waals surface area contributed by atoms with Crippen molar-refractivity contribution in [1.29, 1.82) is 0 Å². The smallest absolute Gasteiger partial charge is 0.223 e. The van der Waals surface area contributed by atoms with Gasteiger partial charge in [0.2, 0.25) is 5.91 Å². The molecule has 0 atom stereocenters. The molecule has 0 aliphatic carbocycles. The van der Waals surface area contributed by atoms with Crippen molar-refractivity contribution in [3.05, 3.63) is 23.1 Å². The predicted octanol–water partition coefficient (Wildman–Crippen LogP) is 2.48. The van der Waals surface area contributed by atoms with Gasteiger partial charge in [0.15, 0.2) is 11.0 Å². The van der Waals surface area contributed by atoms with Crippen molar-refractivity contribution in [2.45, 2.75) is 27.7 Å². The second-order valence-electron chi connectivity index (χ2n) is 4.09. The zero-order valence-corrected chi connectivity index (χ0v) is 11.6. The average molecular weight is 262 g/mol. The summed E-state index contributed by atoms with van der Waals surface area (Å²) in [5.74, 6) is 0.538. The second-order valence-corrected chi connectivity index (χ2v) is 5.09. The number of nitrogens with zero attached hydrogens (tertiary/aromatic N) is 3. The molecular weight excluding hydrogens is 248 g/mol. The Labute approximate surface area is 109 Å². The monoisotopic (exact) mass is 262 g/mol. The minimum atomic E-state index is -0.128. The highest BCUT2D eigenvalue weighted by Crippen LogP contribution is 2.30. The zero-order chi connectivity index (χ0) is 13.3. The van der Waals surface area contributed by atoms with Crippen molar-refractivity contribution in [3.63, 3.8) is 0 Å². The predicted molar refractivity (Wildman–Crippen MR) is 71.7 cm³/mol. The van der Waals surface area contributed by atoms with E-state index in [0.29, 0.717) is 11.0 Å². The highest BCUT2D eigenvalue weighted by atomic mass is 32.1. The molecule has 0 unspecified atom stereocenters. The van der Waals surface area contributed by atoms with Crippen molar-refractivity contribution in [2.75, 3.05) is 5.32 Å². The molecule has 2 aromatic heterocycles. The van der Waals surface area contributed by atoms with Crippen LogP contribution in [0, 0.1) is 20.8 Å². The summed E-state index contributed by atoms with van der Waals surface area (Å²) >= 11 is 1.39. The molecule has 0 bridgehead atoms. The van der Waals surface area contributed by atoms with Crippen LogP contribution in [-0.2, 0) is 4.79 Å². The Morgan fingerprint density at radius 3 is 2.33 bits per heavy atom. The molecule has 18 heavy (non-hydrogen) atoms. The van der Waals surface area contributed by atoms with Gasteiger partial charge in [0, 0.05) is 18.3 Å². The first kappa shape index (κ1) is 12.6. The molecular formula is C12H14N4OS.